The van der Waals surface area contributed by atoms with Gasteiger partial charge >= 0.3 is 0 Å². The number of nitrogens with zero attached hydrogens (tertiary/aromatic N) is 6. The lowest BCUT2D eigenvalue weighted by atomic mass is 9.91. The fourth-order valence-corrected chi connectivity index (χ4v) is 4.04. The second-order valence-corrected chi connectivity index (χ2v) is 7.79. The van der Waals surface area contributed by atoms with Crippen molar-refractivity contribution >= 4 is 5.91 Å². The van der Waals surface area contributed by atoms with Crippen LogP contribution in [0, 0.1) is 11.8 Å². The highest BCUT2D eigenvalue weighted by Crippen LogP contribution is 2.47. The molecule has 1 amide bonds. The van der Waals surface area contributed by atoms with E-state index in [0.29, 0.717) is 24.2 Å². The van der Waals surface area contributed by atoms with Gasteiger partial charge in [0.25, 0.3) is 0 Å². The van der Waals surface area contributed by atoms with Crippen LogP contribution in [0.3, 0.4) is 0 Å². The first kappa shape index (κ1) is 15.0. The number of carbonyl (C=O) groups is 1. The molecule has 2 aromatic rings. The standard InChI is InChI=1S/C17H23N7O/c1-23-12(7-18-22-23)6-15(25)24-8-13(10-2-3-10)14(9-24)17-19-16(20-21-17)11-4-5-11/h7,10-11,13-14H,2-6,8-9H2,1H3,(H,19,20,21)/t13-,14+/m1/s1. The molecule has 132 valence electrons. The summed E-state index contributed by atoms with van der Waals surface area (Å²) in [5.74, 6) is 4.19. The SMILES string of the molecule is Cn1nncc1CC(=O)N1C[C@H](c2nc(C3CC3)n[nH]2)[C@@H](C2CC2)C1. The van der Waals surface area contributed by atoms with Crippen molar-refractivity contribution in [2.24, 2.45) is 18.9 Å². The first-order valence-corrected chi connectivity index (χ1v) is 9.22. The number of hydrogen-bond donors (Lipinski definition) is 1. The van der Waals surface area contributed by atoms with Crippen molar-refractivity contribution < 1.29 is 4.79 Å². The summed E-state index contributed by atoms with van der Waals surface area (Å²) in [6, 6.07) is 0. The number of aromatic amines is 1. The normalized spacial score (nSPS) is 26.4. The van der Waals surface area contributed by atoms with Crippen molar-refractivity contribution in [3.63, 3.8) is 0 Å². The average molecular weight is 341 g/mol. The summed E-state index contributed by atoms with van der Waals surface area (Å²) < 4.78 is 1.67. The molecule has 3 heterocycles. The summed E-state index contributed by atoms with van der Waals surface area (Å²) in [7, 11) is 1.82. The Bertz CT molecular complexity index is 789. The van der Waals surface area contributed by atoms with Crippen molar-refractivity contribution in [2.45, 2.75) is 43.9 Å². The van der Waals surface area contributed by atoms with Crippen LogP contribution in [0.5, 0.6) is 0 Å². The molecule has 2 atom stereocenters. The van der Waals surface area contributed by atoms with Crippen molar-refractivity contribution in [3.05, 3.63) is 23.5 Å². The zero-order valence-electron chi connectivity index (χ0n) is 14.4. The van der Waals surface area contributed by atoms with Crippen LogP contribution < -0.4 is 0 Å². The number of aryl methyl sites for hydroxylation is 1. The number of carbonyl (C=O) groups excluding carboxylic acids is 1. The maximum absolute atomic E-state index is 12.8. The first-order chi connectivity index (χ1) is 12.2. The van der Waals surface area contributed by atoms with Gasteiger partial charge in [-0.3, -0.25) is 14.6 Å². The number of likely N-dealkylation sites (tertiary alicyclic amines) is 1. The van der Waals surface area contributed by atoms with Crippen LogP contribution in [-0.2, 0) is 18.3 Å². The zero-order valence-corrected chi connectivity index (χ0v) is 14.4. The van der Waals surface area contributed by atoms with Gasteiger partial charge in [-0.2, -0.15) is 5.10 Å². The molecule has 5 rings (SSSR count). The summed E-state index contributed by atoms with van der Waals surface area (Å²) in [5.41, 5.74) is 0.854. The van der Waals surface area contributed by atoms with Crippen LogP contribution >= 0.6 is 0 Å². The van der Waals surface area contributed by atoms with Crippen molar-refractivity contribution in [3.8, 4) is 0 Å². The Morgan fingerprint density at radius 3 is 2.80 bits per heavy atom. The van der Waals surface area contributed by atoms with E-state index in [-0.39, 0.29) is 5.91 Å². The minimum atomic E-state index is 0.153. The number of rotatable bonds is 5. The van der Waals surface area contributed by atoms with Crippen molar-refractivity contribution in [1.29, 1.82) is 0 Å². The van der Waals surface area contributed by atoms with Gasteiger partial charge in [0.2, 0.25) is 5.91 Å². The number of hydrogen-bond acceptors (Lipinski definition) is 5. The largest absolute Gasteiger partial charge is 0.341 e. The van der Waals surface area contributed by atoms with Crippen LogP contribution in [-0.4, -0.2) is 54.1 Å². The lowest BCUT2D eigenvalue weighted by Crippen LogP contribution is -2.31. The minimum Gasteiger partial charge on any atom is -0.341 e. The highest BCUT2D eigenvalue weighted by molar-refractivity contribution is 5.78. The van der Waals surface area contributed by atoms with Crippen molar-refractivity contribution in [1.82, 2.24) is 35.1 Å². The number of H-pyrrole nitrogens is 1. The van der Waals surface area contributed by atoms with Gasteiger partial charge < -0.3 is 4.90 Å². The molecule has 0 spiro atoms. The number of aromatic nitrogens is 6. The summed E-state index contributed by atoms with van der Waals surface area (Å²) in [6.45, 7) is 1.57. The number of amides is 1. The number of nitrogens with one attached hydrogen (secondary N) is 1. The Labute approximate surface area is 146 Å². The molecular weight excluding hydrogens is 318 g/mol. The van der Waals surface area contributed by atoms with Crippen LogP contribution in [0.15, 0.2) is 6.20 Å². The molecule has 2 aliphatic carbocycles. The molecule has 3 aliphatic rings. The van der Waals surface area contributed by atoms with Gasteiger partial charge in [0.1, 0.15) is 5.82 Å². The maximum Gasteiger partial charge on any atom is 0.228 e. The molecule has 1 aliphatic heterocycles. The first-order valence-electron chi connectivity index (χ1n) is 9.22. The third-order valence-corrected chi connectivity index (χ3v) is 5.90. The fraction of sp³-hybridized carbons (Fsp3) is 0.706. The van der Waals surface area contributed by atoms with E-state index in [9.17, 15) is 4.79 Å². The van der Waals surface area contributed by atoms with Gasteiger partial charge in [-0.25, -0.2) is 4.98 Å². The molecule has 0 unspecified atom stereocenters. The van der Waals surface area contributed by atoms with Gasteiger partial charge in [0, 0.05) is 32.0 Å². The van der Waals surface area contributed by atoms with E-state index in [1.807, 2.05) is 11.9 Å². The van der Waals surface area contributed by atoms with Crippen LogP contribution in [0.4, 0.5) is 0 Å². The topological polar surface area (TPSA) is 92.6 Å². The van der Waals surface area contributed by atoms with E-state index in [4.69, 9.17) is 4.98 Å². The maximum atomic E-state index is 12.8. The van der Waals surface area contributed by atoms with Crippen LogP contribution in [0.25, 0.3) is 0 Å². The van der Waals surface area contributed by atoms with Gasteiger partial charge in [-0.1, -0.05) is 5.21 Å². The quantitative estimate of drug-likeness (QED) is 0.876. The van der Waals surface area contributed by atoms with Crippen LogP contribution in [0.1, 0.15) is 54.9 Å². The molecule has 2 aromatic heterocycles. The molecule has 0 radical (unpaired) electrons. The average Bonchev–Trinajstić information content (AvgIpc) is 3.50. The van der Waals surface area contributed by atoms with E-state index < -0.39 is 0 Å². The van der Waals surface area contributed by atoms with Crippen LogP contribution in [0.2, 0.25) is 0 Å². The molecular formula is C17H23N7O. The van der Waals surface area contributed by atoms with E-state index in [0.717, 1.165) is 36.4 Å². The van der Waals surface area contributed by atoms with E-state index in [2.05, 4.69) is 20.5 Å². The third-order valence-electron chi connectivity index (χ3n) is 5.90. The summed E-state index contributed by atoms with van der Waals surface area (Å²) >= 11 is 0. The zero-order chi connectivity index (χ0) is 17.0. The van der Waals surface area contributed by atoms with Gasteiger partial charge in [-0.05, 0) is 37.5 Å². The Morgan fingerprint density at radius 1 is 1.28 bits per heavy atom. The second kappa shape index (κ2) is 5.64. The van der Waals surface area contributed by atoms with Gasteiger partial charge in [0.15, 0.2) is 5.82 Å². The van der Waals surface area contributed by atoms with Gasteiger partial charge in [0.05, 0.1) is 18.3 Å². The second-order valence-electron chi connectivity index (χ2n) is 7.79. The molecule has 0 bridgehead atoms. The lowest BCUT2D eigenvalue weighted by Gasteiger charge is -2.16. The van der Waals surface area contributed by atoms with E-state index in [1.165, 1.54) is 25.7 Å². The molecule has 25 heavy (non-hydrogen) atoms. The van der Waals surface area contributed by atoms with Gasteiger partial charge in [-0.15, -0.1) is 5.10 Å². The molecule has 3 fully saturated rings. The minimum absolute atomic E-state index is 0.153. The summed E-state index contributed by atoms with van der Waals surface area (Å²) in [6.07, 6.45) is 6.99. The van der Waals surface area contributed by atoms with E-state index >= 15 is 0 Å². The van der Waals surface area contributed by atoms with E-state index in [1.54, 1.807) is 10.9 Å². The Kier molecular flexibility index (Phi) is 3.39. The predicted octanol–water partition coefficient (Wildman–Crippen LogP) is 1.01. The molecule has 0 aromatic carbocycles. The highest BCUT2D eigenvalue weighted by atomic mass is 16.2. The Balaban J connectivity index is 1.33. The molecule has 1 N–H and O–H groups in total. The molecule has 1 saturated heterocycles. The smallest absolute Gasteiger partial charge is 0.228 e. The third kappa shape index (κ3) is 2.83. The highest BCUT2D eigenvalue weighted by Gasteiger charge is 2.46. The monoisotopic (exact) mass is 341 g/mol. The summed E-state index contributed by atoms with van der Waals surface area (Å²) in [4.78, 5) is 19.5. The molecule has 8 heteroatoms. The molecule has 8 nitrogen and oxygen atoms in total. The molecule has 2 saturated carbocycles. The van der Waals surface area contributed by atoms with Crippen molar-refractivity contribution in [2.75, 3.05) is 13.1 Å². The Hall–Kier alpha value is -2.25. The summed E-state index contributed by atoms with van der Waals surface area (Å²) in [5, 5.41) is 15.4. The lowest BCUT2D eigenvalue weighted by molar-refractivity contribution is -0.129. The fourth-order valence-electron chi connectivity index (χ4n) is 4.04. The Morgan fingerprint density at radius 2 is 2.12 bits per heavy atom. The predicted molar refractivity (Wildman–Crippen MR) is 88.6 cm³/mol.